The number of fused-ring (bicyclic) bond motifs is 1. The minimum atomic E-state index is -0.806. The first kappa shape index (κ1) is 18.1. The molecule has 1 unspecified atom stereocenters. The van der Waals surface area contributed by atoms with E-state index in [-0.39, 0.29) is 23.4 Å². The maximum atomic E-state index is 14.6. The molecule has 3 aromatic rings. The van der Waals surface area contributed by atoms with Crippen LogP contribution >= 0.6 is 0 Å². The van der Waals surface area contributed by atoms with Gasteiger partial charge in [-0.2, -0.15) is 10.4 Å². The molecule has 2 aliphatic rings. The number of aryl methyl sites for hydroxylation is 1. The zero-order valence-electron chi connectivity index (χ0n) is 15.7. The van der Waals surface area contributed by atoms with Crippen molar-refractivity contribution >= 4 is 22.6 Å². The summed E-state index contributed by atoms with van der Waals surface area (Å²) in [7, 11) is 0. The summed E-state index contributed by atoms with van der Waals surface area (Å²) in [6.45, 7) is 1.84. The Bertz CT molecular complexity index is 1350. The van der Waals surface area contributed by atoms with Gasteiger partial charge in [-0.3, -0.25) is 5.10 Å². The molecular formula is C22H14F2N4O2. The average molecular weight is 404 g/mol. The molecule has 0 aliphatic carbocycles. The number of cyclic esters (lactones) is 1. The maximum absolute atomic E-state index is 14.6. The Labute approximate surface area is 169 Å². The van der Waals surface area contributed by atoms with E-state index in [4.69, 9.17) is 4.74 Å². The number of H-pyrrole nitrogens is 1. The topological polar surface area (TPSA) is 90.8 Å². The van der Waals surface area contributed by atoms with E-state index >= 15 is 0 Å². The van der Waals surface area contributed by atoms with Gasteiger partial charge in [0.2, 0.25) is 0 Å². The van der Waals surface area contributed by atoms with Gasteiger partial charge in [0, 0.05) is 17.0 Å². The van der Waals surface area contributed by atoms with E-state index in [0.29, 0.717) is 16.8 Å². The Hall–Kier alpha value is -3.99. The molecule has 1 atom stereocenters. The molecule has 8 heteroatoms. The number of hydrogen-bond donors (Lipinski definition) is 2. The number of hydrogen-bond acceptors (Lipinski definition) is 5. The van der Waals surface area contributed by atoms with Gasteiger partial charge >= 0.3 is 5.97 Å². The third-order valence-electron chi connectivity index (χ3n) is 5.45. The average Bonchev–Trinajstić information content (AvgIpc) is 3.29. The number of halogens is 2. The van der Waals surface area contributed by atoms with E-state index in [1.807, 2.05) is 19.1 Å². The monoisotopic (exact) mass is 404 g/mol. The van der Waals surface area contributed by atoms with Crippen molar-refractivity contribution in [1.82, 2.24) is 15.5 Å². The molecule has 0 fully saturated rings. The molecule has 0 spiro atoms. The van der Waals surface area contributed by atoms with Crippen LogP contribution in [0.3, 0.4) is 0 Å². The highest BCUT2D eigenvalue weighted by Crippen LogP contribution is 2.43. The van der Waals surface area contributed by atoms with Crippen molar-refractivity contribution in [3.05, 3.63) is 81.7 Å². The normalized spacial score (nSPS) is 18.3. The Morgan fingerprint density at radius 3 is 2.83 bits per heavy atom. The van der Waals surface area contributed by atoms with Crippen molar-refractivity contribution in [2.45, 2.75) is 12.8 Å². The zero-order chi connectivity index (χ0) is 21.0. The Balaban J connectivity index is 1.76. The molecule has 0 saturated heterocycles. The Kier molecular flexibility index (Phi) is 3.93. The van der Waals surface area contributed by atoms with Crippen molar-refractivity contribution < 1.29 is 18.3 Å². The summed E-state index contributed by atoms with van der Waals surface area (Å²) in [5.41, 5.74) is 3.45. The van der Waals surface area contributed by atoms with Crippen molar-refractivity contribution in [2.24, 2.45) is 0 Å². The predicted molar refractivity (Wildman–Crippen MR) is 104 cm³/mol. The number of aromatic nitrogens is 2. The fourth-order valence-corrected chi connectivity index (χ4v) is 4.02. The molecule has 1 aromatic heterocycles. The number of carbonyl (C=O) groups excluding carboxylic acids is 1. The molecular weight excluding hydrogens is 390 g/mol. The van der Waals surface area contributed by atoms with Crippen LogP contribution in [0.5, 0.6) is 0 Å². The molecule has 3 heterocycles. The highest BCUT2D eigenvalue weighted by Gasteiger charge is 2.40. The molecule has 0 bridgehead atoms. The van der Waals surface area contributed by atoms with Gasteiger partial charge in [0.15, 0.2) is 0 Å². The number of aromatic amines is 1. The number of carbonyl (C=O) groups is 1. The van der Waals surface area contributed by atoms with E-state index in [2.05, 4.69) is 21.6 Å². The summed E-state index contributed by atoms with van der Waals surface area (Å²) >= 11 is 0. The predicted octanol–water partition coefficient (Wildman–Crippen LogP) is 3.58. The largest absolute Gasteiger partial charge is 0.456 e. The van der Waals surface area contributed by atoms with Crippen LogP contribution in [-0.2, 0) is 9.53 Å². The first-order valence-corrected chi connectivity index (χ1v) is 9.19. The molecule has 30 heavy (non-hydrogen) atoms. The summed E-state index contributed by atoms with van der Waals surface area (Å²) in [5.74, 6) is -2.81. The fraction of sp³-hybridized carbons (Fsp3) is 0.136. The minimum absolute atomic E-state index is 0.0112. The number of ether oxygens (including phenoxy) is 1. The number of benzene rings is 2. The van der Waals surface area contributed by atoms with Crippen LogP contribution in [0.15, 0.2) is 53.2 Å². The molecule has 2 aliphatic heterocycles. The van der Waals surface area contributed by atoms with Crippen LogP contribution < -0.4 is 5.32 Å². The van der Waals surface area contributed by atoms with Crippen molar-refractivity contribution in [3.8, 4) is 6.07 Å². The maximum Gasteiger partial charge on any atom is 0.337 e. The SMILES string of the molecule is Cc1n[nH]c2ccc(C3C(C#N)=C(c4ccc(F)cc4F)NC4=C3C(=O)OC4)cc12. The van der Waals surface area contributed by atoms with Crippen LogP contribution in [0.1, 0.15) is 22.7 Å². The molecule has 0 radical (unpaired) electrons. The van der Waals surface area contributed by atoms with Crippen molar-refractivity contribution in [3.63, 3.8) is 0 Å². The van der Waals surface area contributed by atoms with E-state index < -0.39 is 23.5 Å². The van der Waals surface area contributed by atoms with Crippen LogP contribution in [-0.4, -0.2) is 22.8 Å². The Morgan fingerprint density at radius 1 is 1.23 bits per heavy atom. The number of allylic oxidation sites excluding steroid dienone is 1. The summed E-state index contributed by atoms with van der Waals surface area (Å²) in [6.07, 6.45) is 0. The van der Waals surface area contributed by atoms with Crippen LogP contribution in [0.2, 0.25) is 0 Å². The van der Waals surface area contributed by atoms with Gasteiger partial charge < -0.3 is 10.1 Å². The van der Waals surface area contributed by atoms with Crippen LogP contribution in [0.25, 0.3) is 16.6 Å². The number of nitriles is 1. The summed E-state index contributed by atoms with van der Waals surface area (Å²) in [4.78, 5) is 12.5. The number of rotatable bonds is 2. The highest BCUT2D eigenvalue weighted by atomic mass is 19.1. The lowest BCUT2D eigenvalue weighted by atomic mass is 9.80. The van der Waals surface area contributed by atoms with Gasteiger partial charge in [-0.25, -0.2) is 13.6 Å². The van der Waals surface area contributed by atoms with Gasteiger partial charge in [0.25, 0.3) is 0 Å². The number of nitrogens with one attached hydrogen (secondary N) is 2. The second-order valence-electron chi connectivity index (χ2n) is 7.17. The second-order valence-corrected chi connectivity index (χ2v) is 7.17. The number of dihydropyridines is 1. The molecule has 5 rings (SSSR count). The molecule has 2 aromatic carbocycles. The number of nitrogens with zero attached hydrogens (tertiary/aromatic N) is 2. The van der Waals surface area contributed by atoms with Gasteiger partial charge in [0.1, 0.15) is 18.2 Å². The molecule has 0 amide bonds. The molecule has 6 nitrogen and oxygen atoms in total. The lowest BCUT2D eigenvalue weighted by Crippen LogP contribution is -2.26. The zero-order valence-corrected chi connectivity index (χ0v) is 15.7. The summed E-state index contributed by atoms with van der Waals surface area (Å²) in [5, 5.41) is 20.9. The lowest BCUT2D eigenvalue weighted by molar-refractivity contribution is -0.136. The summed E-state index contributed by atoms with van der Waals surface area (Å²) in [6, 6.07) is 10.7. The van der Waals surface area contributed by atoms with Crippen molar-refractivity contribution in [2.75, 3.05) is 6.61 Å². The molecule has 148 valence electrons. The van der Waals surface area contributed by atoms with E-state index in [1.54, 1.807) is 6.07 Å². The minimum Gasteiger partial charge on any atom is -0.456 e. The standard InChI is InChI=1S/C22H14F2N4O2/c1-10-14-6-11(2-5-17(14)28-27-10)19-15(8-25)21(13-4-3-12(23)7-16(13)24)26-18-9-30-22(29)20(18)19/h2-7,19,26H,9H2,1H3,(H,27,28). The quantitative estimate of drug-likeness (QED) is 0.637. The second kappa shape index (κ2) is 6.52. The first-order chi connectivity index (χ1) is 14.5. The van der Waals surface area contributed by atoms with Gasteiger partial charge in [-0.05, 0) is 36.8 Å². The fourth-order valence-electron chi connectivity index (χ4n) is 4.02. The smallest absolute Gasteiger partial charge is 0.337 e. The van der Waals surface area contributed by atoms with Crippen molar-refractivity contribution in [1.29, 1.82) is 5.26 Å². The van der Waals surface area contributed by atoms with E-state index in [9.17, 15) is 18.8 Å². The third-order valence-corrected chi connectivity index (χ3v) is 5.45. The van der Waals surface area contributed by atoms with Crippen LogP contribution in [0.4, 0.5) is 8.78 Å². The van der Waals surface area contributed by atoms with E-state index in [1.165, 1.54) is 6.07 Å². The third kappa shape index (κ3) is 2.59. The first-order valence-electron chi connectivity index (χ1n) is 9.19. The summed E-state index contributed by atoms with van der Waals surface area (Å²) < 4.78 is 33.2. The van der Waals surface area contributed by atoms with E-state index in [0.717, 1.165) is 28.7 Å². The highest BCUT2D eigenvalue weighted by molar-refractivity contribution is 5.98. The number of esters is 1. The lowest BCUT2D eigenvalue weighted by Gasteiger charge is -2.27. The molecule has 2 N–H and O–H groups in total. The van der Waals surface area contributed by atoms with Crippen LogP contribution in [0, 0.1) is 29.9 Å². The Morgan fingerprint density at radius 2 is 2.07 bits per heavy atom. The van der Waals surface area contributed by atoms with Gasteiger partial charge in [-0.15, -0.1) is 0 Å². The van der Waals surface area contributed by atoms with Gasteiger partial charge in [0.05, 0.1) is 45.7 Å². The molecule has 0 saturated carbocycles. The van der Waals surface area contributed by atoms with Gasteiger partial charge in [-0.1, -0.05) is 6.07 Å².